The second-order valence-electron chi connectivity index (χ2n) is 4.16. The van der Waals surface area contributed by atoms with Gasteiger partial charge in [0.15, 0.2) is 0 Å². The fraction of sp³-hybridized carbons (Fsp3) is 0.167. The Morgan fingerprint density at radius 2 is 2.05 bits per heavy atom. The molecule has 1 aromatic carbocycles. The standard InChI is InChI=1S/C12H13N5O2/c1-16(2)10-4-3-8(7-11(10)17(18)19)9-5-6-14-12(13)15-9/h3-7H,1-2H3,(H2,13,14,15). The van der Waals surface area contributed by atoms with E-state index in [1.807, 2.05) is 0 Å². The Bertz CT molecular complexity index is 627. The molecule has 1 heterocycles. The van der Waals surface area contributed by atoms with E-state index in [-0.39, 0.29) is 11.6 Å². The van der Waals surface area contributed by atoms with E-state index >= 15 is 0 Å². The Hall–Kier alpha value is -2.70. The Balaban J connectivity index is 2.55. The minimum Gasteiger partial charge on any atom is -0.372 e. The van der Waals surface area contributed by atoms with E-state index < -0.39 is 4.92 Å². The van der Waals surface area contributed by atoms with Gasteiger partial charge in [-0.15, -0.1) is 0 Å². The van der Waals surface area contributed by atoms with Crippen LogP contribution in [0.15, 0.2) is 30.5 Å². The van der Waals surface area contributed by atoms with Crippen LogP contribution in [0.3, 0.4) is 0 Å². The maximum Gasteiger partial charge on any atom is 0.293 e. The summed E-state index contributed by atoms with van der Waals surface area (Å²) in [5, 5.41) is 11.1. The number of nitrogens with two attached hydrogens (primary N) is 1. The van der Waals surface area contributed by atoms with Crippen LogP contribution in [0.4, 0.5) is 17.3 Å². The number of anilines is 2. The van der Waals surface area contributed by atoms with Gasteiger partial charge in [-0.25, -0.2) is 9.97 Å². The van der Waals surface area contributed by atoms with Crippen LogP contribution in [0, 0.1) is 10.1 Å². The molecular weight excluding hydrogens is 246 g/mol. The first kappa shape index (κ1) is 12.7. The average molecular weight is 259 g/mol. The van der Waals surface area contributed by atoms with E-state index in [1.165, 1.54) is 12.3 Å². The summed E-state index contributed by atoms with van der Waals surface area (Å²) >= 11 is 0. The number of hydrogen-bond donors (Lipinski definition) is 1. The summed E-state index contributed by atoms with van der Waals surface area (Å²) in [6, 6.07) is 6.59. The van der Waals surface area contributed by atoms with Crippen molar-refractivity contribution in [3.63, 3.8) is 0 Å². The van der Waals surface area contributed by atoms with Crippen LogP contribution in [-0.4, -0.2) is 29.0 Å². The third-order valence-electron chi connectivity index (χ3n) is 2.62. The molecule has 0 atom stereocenters. The molecule has 7 heteroatoms. The predicted molar refractivity (Wildman–Crippen MR) is 72.9 cm³/mol. The summed E-state index contributed by atoms with van der Waals surface area (Å²) in [5.41, 5.74) is 7.26. The highest BCUT2D eigenvalue weighted by Crippen LogP contribution is 2.31. The number of nitro groups is 1. The number of aromatic nitrogens is 2. The molecule has 0 radical (unpaired) electrons. The van der Waals surface area contributed by atoms with E-state index in [1.54, 1.807) is 37.2 Å². The summed E-state index contributed by atoms with van der Waals surface area (Å²) in [6.07, 6.45) is 1.52. The Morgan fingerprint density at radius 1 is 1.32 bits per heavy atom. The van der Waals surface area contributed by atoms with Crippen molar-refractivity contribution in [1.29, 1.82) is 0 Å². The van der Waals surface area contributed by atoms with Gasteiger partial charge in [0.25, 0.3) is 5.69 Å². The van der Waals surface area contributed by atoms with Gasteiger partial charge in [0.2, 0.25) is 5.95 Å². The van der Waals surface area contributed by atoms with Crippen molar-refractivity contribution < 1.29 is 4.92 Å². The lowest BCUT2D eigenvalue weighted by Crippen LogP contribution is -2.11. The molecule has 0 aliphatic carbocycles. The summed E-state index contributed by atoms with van der Waals surface area (Å²) < 4.78 is 0. The molecule has 2 N–H and O–H groups in total. The third-order valence-corrected chi connectivity index (χ3v) is 2.62. The molecule has 0 bridgehead atoms. The van der Waals surface area contributed by atoms with Gasteiger partial charge in [-0.1, -0.05) is 6.07 Å². The van der Waals surface area contributed by atoms with E-state index in [0.29, 0.717) is 16.9 Å². The lowest BCUT2D eigenvalue weighted by Gasteiger charge is -2.13. The summed E-state index contributed by atoms with van der Waals surface area (Å²) in [7, 11) is 3.51. The fourth-order valence-electron chi connectivity index (χ4n) is 1.74. The highest BCUT2D eigenvalue weighted by atomic mass is 16.6. The predicted octanol–water partition coefficient (Wildman–Crippen LogP) is 1.70. The number of nitrogens with zero attached hydrogens (tertiary/aromatic N) is 4. The van der Waals surface area contributed by atoms with Crippen molar-refractivity contribution in [2.75, 3.05) is 24.7 Å². The minimum absolute atomic E-state index is 0.0275. The molecular formula is C12H13N5O2. The molecule has 7 nitrogen and oxygen atoms in total. The maximum absolute atomic E-state index is 11.1. The summed E-state index contributed by atoms with van der Waals surface area (Å²) in [4.78, 5) is 20.2. The number of nitro benzene ring substituents is 1. The number of rotatable bonds is 3. The van der Waals surface area contributed by atoms with Gasteiger partial charge in [0.05, 0.1) is 10.6 Å². The van der Waals surface area contributed by atoms with Crippen molar-refractivity contribution in [1.82, 2.24) is 9.97 Å². The second kappa shape index (κ2) is 4.89. The quantitative estimate of drug-likeness (QED) is 0.665. The summed E-state index contributed by atoms with van der Waals surface area (Å²) in [5.74, 6) is 0.136. The average Bonchev–Trinajstić information content (AvgIpc) is 2.37. The molecule has 0 unspecified atom stereocenters. The van der Waals surface area contributed by atoms with Gasteiger partial charge in [-0.2, -0.15) is 0 Å². The van der Waals surface area contributed by atoms with E-state index in [9.17, 15) is 10.1 Å². The highest BCUT2D eigenvalue weighted by Gasteiger charge is 2.17. The highest BCUT2D eigenvalue weighted by molar-refractivity contribution is 5.72. The van der Waals surface area contributed by atoms with Crippen molar-refractivity contribution in [3.8, 4) is 11.3 Å². The van der Waals surface area contributed by atoms with Gasteiger partial charge >= 0.3 is 0 Å². The zero-order valence-electron chi connectivity index (χ0n) is 10.6. The van der Waals surface area contributed by atoms with Gasteiger partial charge < -0.3 is 10.6 Å². The lowest BCUT2D eigenvalue weighted by atomic mass is 10.1. The molecule has 0 saturated carbocycles. The van der Waals surface area contributed by atoms with Crippen LogP contribution in [0.5, 0.6) is 0 Å². The maximum atomic E-state index is 11.1. The Labute approximate surface area is 109 Å². The first-order chi connectivity index (χ1) is 8.99. The van der Waals surface area contributed by atoms with Crippen LogP contribution in [-0.2, 0) is 0 Å². The Morgan fingerprint density at radius 3 is 2.63 bits per heavy atom. The molecule has 0 saturated heterocycles. The van der Waals surface area contributed by atoms with Crippen molar-refractivity contribution >= 4 is 17.3 Å². The topological polar surface area (TPSA) is 98.2 Å². The molecule has 0 amide bonds. The van der Waals surface area contributed by atoms with Crippen LogP contribution in [0.2, 0.25) is 0 Å². The molecule has 19 heavy (non-hydrogen) atoms. The van der Waals surface area contributed by atoms with Gasteiger partial charge in [-0.3, -0.25) is 10.1 Å². The molecule has 2 aromatic rings. The van der Waals surface area contributed by atoms with Crippen LogP contribution >= 0.6 is 0 Å². The number of nitrogen functional groups attached to an aromatic ring is 1. The SMILES string of the molecule is CN(C)c1ccc(-c2ccnc(N)n2)cc1[N+](=O)[O-]. The normalized spacial score (nSPS) is 10.2. The van der Waals surface area contributed by atoms with E-state index in [4.69, 9.17) is 5.73 Å². The first-order valence-electron chi connectivity index (χ1n) is 5.53. The van der Waals surface area contributed by atoms with E-state index in [2.05, 4.69) is 9.97 Å². The second-order valence-corrected chi connectivity index (χ2v) is 4.16. The summed E-state index contributed by atoms with van der Waals surface area (Å²) in [6.45, 7) is 0. The number of benzene rings is 1. The van der Waals surface area contributed by atoms with Gasteiger partial charge in [0.1, 0.15) is 5.69 Å². The van der Waals surface area contributed by atoms with Crippen LogP contribution < -0.4 is 10.6 Å². The molecule has 0 aliphatic rings. The smallest absolute Gasteiger partial charge is 0.293 e. The third kappa shape index (κ3) is 2.59. The van der Waals surface area contributed by atoms with Crippen LogP contribution in [0.1, 0.15) is 0 Å². The van der Waals surface area contributed by atoms with Crippen molar-refractivity contribution in [2.24, 2.45) is 0 Å². The zero-order valence-corrected chi connectivity index (χ0v) is 10.6. The van der Waals surface area contributed by atoms with Crippen LogP contribution in [0.25, 0.3) is 11.3 Å². The molecule has 0 aliphatic heterocycles. The largest absolute Gasteiger partial charge is 0.372 e. The first-order valence-corrected chi connectivity index (χ1v) is 5.53. The fourth-order valence-corrected chi connectivity index (χ4v) is 1.74. The van der Waals surface area contributed by atoms with Gasteiger partial charge in [0, 0.05) is 31.9 Å². The zero-order chi connectivity index (χ0) is 14.0. The van der Waals surface area contributed by atoms with Gasteiger partial charge in [-0.05, 0) is 12.1 Å². The molecule has 2 rings (SSSR count). The Kier molecular flexibility index (Phi) is 3.28. The lowest BCUT2D eigenvalue weighted by molar-refractivity contribution is -0.384. The van der Waals surface area contributed by atoms with E-state index in [0.717, 1.165) is 0 Å². The molecule has 0 spiro atoms. The molecule has 1 aromatic heterocycles. The monoisotopic (exact) mass is 259 g/mol. The minimum atomic E-state index is -0.413. The molecule has 98 valence electrons. The molecule has 0 fully saturated rings. The number of hydrogen-bond acceptors (Lipinski definition) is 6. The van der Waals surface area contributed by atoms with Crippen molar-refractivity contribution in [2.45, 2.75) is 0 Å². The van der Waals surface area contributed by atoms with Crippen molar-refractivity contribution in [3.05, 3.63) is 40.6 Å².